The van der Waals surface area contributed by atoms with Crippen molar-refractivity contribution in [3.63, 3.8) is 0 Å². The Bertz CT molecular complexity index is 676. The lowest BCUT2D eigenvalue weighted by atomic mass is 10.1. The molecule has 1 aromatic carbocycles. The molecule has 0 unspecified atom stereocenters. The second-order valence-corrected chi connectivity index (χ2v) is 4.73. The number of carbonyl (C=O) groups is 1. The lowest BCUT2D eigenvalue weighted by molar-refractivity contribution is 0.0917. The molecule has 0 radical (unpaired) electrons. The van der Waals surface area contributed by atoms with Gasteiger partial charge in [-0.15, -0.1) is 0 Å². The second-order valence-electron chi connectivity index (χ2n) is 4.73. The molecule has 5 heteroatoms. The smallest absolute Gasteiger partial charge is 0.344 e. The zero-order chi connectivity index (χ0) is 14.0. The standard InChI is InChI=1S/C14H14FNO3/c1-8(2)7-16-13(17)12-5-9-3-4-10(15)6-11(9)14(18)19-12/h3-6,8H,7H2,1-2H3,(H,16,17). The van der Waals surface area contributed by atoms with Crippen molar-refractivity contribution in [2.45, 2.75) is 13.8 Å². The molecule has 2 aromatic rings. The summed E-state index contributed by atoms with van der Waals surface area (Å²) in [5.74, 6) is -0.733. The Morgan fingerprint density at radius 1 is 1.37 bits per heavy atom. The van der Waals surface area contributed by atoms with Crippen molar-refractivity contribution in [1.82, 2.24) is 5.32 Å². The summed E-state index contributed by atoms with van der Waals surface area (Å²) in [6.45, 7) is 4.41. The van der Waals surface area contributed by atoms with Crippen LogP contribution in [-0.4, -0.2) is 12.5 Å². The third-order valence-electron chi connectivity index (χ3n) is 2.62. The second kappa shape index (κ2) is 5.22. The molecule has 0 spiro atoms. The molecule has 19 heavy (non-hydrogen) atoms. The van der Waals surface area contributed by atoms with Gasteiger partial charge in [-0.3, -0.25) is 4.79 Å². The number of hydrogen-bond acceptors (Lipinski definition) is 3. The molecule has 2 rings (SSSR count). The summed E-state index contributed by atoms with van der Waals surface area (Å²) in [7, 11) is 0. The number of nitrogens with one attached hydrogen (secondary N) is 1. The number of benzene rings is 1. The number of rotatable bonds is 3. The summed E-state index contributed by atoms with van der Waals surface area (Å²) in [5.41, 5.74) is -0.716. The topological polar surface area (TPSA) is 59.3 Å². The number of halogens is 1. The molecule has 0 fully saturated rings. The van der Waals surface area contributed by atoms with Crippen molar-refractivity contribution in [1.29, 1.82) is 0 Å². The van der Waals surface area contributed by atoms with Gasteiger partial charge < -0.3 is 9.73 Å². The lowest BCUT2D eigenvalue weighted by Crippen LogP contribution is -2.28. The molecule has 0 aliphatic heterocycles. The largest absolute Gasteiger partial charge is 0.417 e. The molecule has 0 aliphatic rings. The number of fused-ring (bicyclic) bond motifs is 1. The van der Waals surface area contributed by atoms with Gasteiger partial charge in [-0.05, 0) is 29.5 Å². The van der Waals surface area contributed by atoms with Gasteiger partial charge in [-0.1, -0.05) is 19.9 Å². The number of hydrogen-bond donors (Lipinski definition) is 1. The number of amides is 1. The average Bonchev–Trinajstić information content (AvgIpc) is 2.36. The van der Waals surface area contributed by atoms with E-state index in [0.717, 1.165) is 6.07 Å². The van der Waals surface area contributed by atoms with E-state index in [4.69, 9.17) is 4.42 Å². The average molecular weight is 263 g/mol. The maximum Gasteiger partial charge on any atom is 0.344 e. The van der Waals surface area contributed by atoms with Gasteiger partial charge >= 0.3 is 5.63 Å². The normalized spacial score (nSPS) is 10.9. The van der Waals surface area contributed by atoms with Crippen molar-refractivity contribution < 1.29 is 13.6 Å². The molecule has 1 amide bonds. The van der Waals surface area contributed by atoms with E-state index in [1.807, 2.05) is 13.8 Å². The van der Waals surface area contributed by atoms with Crippen LogP contribution in [0, 0.1) is 11.7 Å². The lowest BCUT2D eigenvalue weighted by Gasteiger charge is -2.07. The molecular weight excluding hydrogens is 249 g/mol. The Hall–Kier alpha value is -2.17. The first-order valence-electron chi connectivity index (χ1n) is 5.99. The van der Waals surface area contributed by atoms with Crippen LogP contribution in [0.4, 0.5) is 4.39 Å². The molecular formula is C14H14FNO3. The summed E-state index contributed by atoms with van der Waals surface area (Å²) >= 11 is 0. The van der Waals surface area contributed by atoms with Gasteiger partial charge in [0.1, 0.15) is 5.82 Å². The zero-order valence-corrected chi connectivity index (χ0v) is 10.7. The Morgan fingerprint density at radius 2 is 2.11 bits per heavy atom. The third-order valence-corrected chi connectivity index (χ3v) is 2.62. The maximum atomic E-state index is 13.0. The fraction of sp³-hybridized carbons (Fsp3) is 0.286. The van der Waals surface area contributed by atoms with Gasteiger partial charge in [0, 0.05) is 6.54 Å². The molecule has 1 N–H and O–H groups in total. The van der Waals surface area contributed by atoms with E-state index in [-0.39, 0.29) is 11.1 Å². The van der Waals surface area contributed by atoms with E-state index in [1.165, 1.54) is 18.2 Å². The SMILES string of the molecule is CC(C)CNC(=O)c1cc2ccc(F)cc2c(=O)o1. The first-order valence-corrected chi connectivity index (χ1v) is 5.99. The van der Waals surface area contributed by atoms with Gasteiger partial charge in [0.25, 0.3) is 5.91 Å². The quantitative estimate of drug-likeness (QED) is 0.924. The fourth-order valence-corrected chi connectivity index (χ4v) is 1.65. The minimum atomic E-state index is -0.716. The summed E-state index contributed by atoms with van der Waals surface area (Å²) in [4.78, 5) is 23.5. The van der Waals surface area contributed by atoms with Crippen LogP contribution in [-0.2, 0) is 0 Å². The van der Waals surface area contributed by atoms with Crippen molar-refractivity contribution in [2.24, 2.45) is 5.92 Å². The third kappa shape index (κ3) is 2.99. The molecule has 0 aliphatic carbocycles. The molecule has 0 bridgehead atoms. The molecule has 4 nitrogen and oxygen atoms in total. The van der Waals surface area contributed by atoms with E-state index in [0.29, 0.717) is 17.8 Å². The van der Waals surface area contributed by atoms with Crippen molar-refractivity contribution >= 4 is 16.7 Å². The van der Waals surface area contributed by atoms with Crippen LogP contribution in [0.15, 0.2) is 33.5 Å². The highest BCUT2D eigenvalue weighted by Gasteiger charge is 2.12. The predicted octanol–water partition coefficient (Wildman–Crippen LogP) is 2.32. The Balaban J connectivity index is 2.38. The van der Waals surface area contributed by atoms with E-state index >= 15 is 0 Å². The summed E-state index contributed by atoms with van der Waals surface area (Å²) in [6.07, 6.45) is 0. The van der Waals surface area contributed by atoms with Crippen LogP contribution in [0.1, 0.15) is 24.4 Å². The maximum absolute atomic E-state index is 13.0. The molecule has 100 valence electrons. The Labute approximate surface area is 109 Å². The van der Waals surface area contributed by atoms with E-state index < -0.39 is 17.3 Å². The highest BCUT2D eigenvalue weighted by atomic mass is 19.1. The van der Waals surface area contributed by atoms with Crippen LogP contribution in [0.5, 0.6) is 0 Å². The first-order chi connectivity index (χ1) is 8.97. The van der Waals surface area contributed by atoms with Crippen molar-refractivity contribution in [3.8, 4) is 0 Å². The van der Waals surface area contributed by atoms with Crippen LogP contribution < -0.4 is 10.9 Å². The highest BCUT2D eigenvalue weighted by Crippen LogP contribution is 2.13. The Morgan fingerprint density at radius 3 is 2.79 bits per heavy atom. The molecule has 0 atom stereocenters. The monoisotopic (exact) mass is 263 g/mol. The van der Waals surface area contributed by atoms with Crippen LogP contribution in [0.25, 0.3) is 10.8 Å². The summed E-state index contributed by atoms with van der Waals surface area (Å²) < 4.78 is 17.9. The van der Waals surface area contributed by atoms with Gasteiger partial charge in [0.15, 0.2) is 5.76 Å². The highest BCUT2D eigenvalue weighted by molar-refractivity contribution is 5.95. The van der Waals surface area contributed by atoms with Gasteiger partial charge in [-0.25, -0.2) is 9.18 Å². The minimum absolute atomic E-state index is 0.0650. The molecule has 1 heterocycles. The van der Waals surface area contributed by atoms with Gasteiger partial charge in [-0.2, -0.15) is 0 Å². The van der Waals surface area contributed by atoms with E-state index in [2.05, 4.69) is 5.32 Å². The van der Waals surface area contributed by atoms with Crippen molar-refractivity contribution in [3.05, 3.63) is 46.3 Å². The molecule has 1 aromatic heterocycles. The van der Waals surface area contributed by atoms with Crippen LogP contribution in [0.3, 0.4) is 0 Å². The summed E-state index contributed by atoms with van der Waals surface area (Å²) in [5, 5.41) is 3.26. The van der Waals surface area contributed by atoms with Crippen molar-refractivity contribution in [2.75, 3.05) is 6.54 Å². The van der Waals surface area contributed by atoms with Crippen LogP contribution in [0.2, 0.25) is 0 Å². The van der Waals surface area contributed by atoms with Gasteiger partial charge in [0.05, 0.1) is 5.39 Å². The minimum Gasteiger partial charge on any atom is -0.417 e. The molecule has 0 saturated heterocycles. The van der Waals surface area contributed by atoms with E-state index in [9.17, 15) is 14.0 Å². The summed E-state index contributed by atoms with van der Waals surface area (Å²) in [6, 6.07) is 5.21. The predicted molar refractivity (Wildman–Crippen MR) is 69.6 cm³/mol. The van der Waals surface area contributed by atoms with Gasteiger partial charge in [0.2, 0.25) is 0 Å². The fourth-order valence-electron chi connectivity index (χ4n) is 1.65. The van der Waals surface area contributed by atoms with E-state index in [1.54, 1.807) is 0 Å². The molecule has 0 saturated carbocycles. The number of carbonyl (C=O) groups excluding carboxylic acids is 1. The Kier molecular flexibility index (Phi) is 3.64. The van der Waals surface area contributed by atoms with Crippen LogP contribution >= 0.6 is 0 Å². The first kappa shape index (κ1) is 13.3. The zero-order valence-electron chi connectivity index (χ0n) is 10.7.